The zero-order valence-corrected chi connectivity index (χ0v) is 16.7. The first kappa shape index (κ1) is 20.3. The Balaban J connectivity index is 1.56. The van der Waals surface area contributed by atoms with Crippen LogP contribution in [0.4, 0.5) is 17.6 Å². The van der Waals surface area contributed by atoms with Gasteiger partial charge in [0.25, 0.3) is 0 Å². The molecule has 3 nitrogen and oxygen atoms in total. The van der Waals surface area contributed by atoms with E-state index in [1.54, 1.807) is 6.07 Å². The third-order valence-corrected chi connectivity index (χ3v) is 5.54. The fourth-order valence-corrected chi connectivity index (χ4v) is 3.96. The number of hydrogen-bond acceptors (Lipinski definition) is 3. The second-order valence-corrected chi connectivity index (χ2v) is 7.60. The van der Waals surface area contributed by atoms with Gasteiger partial charge >= 0.3 is 6.18 Å². The summed E-state index contributed by atoms with van der Waals surface area (Å²) in [6.45, 7) is 1.10. The van der Waals surface area contributed by atoms with Crippen molar-refractivity contribution in [3.8, 4) is 11.3 Å². The number of nitrogens with zero attached hydrogens (tertiary/aromatic N) is 2. The molecule has 160 valence electrons. The van der Waals surface area contributed by atoms with Crippen LogP contribution in [0.2, 0.25) is 0 Å². The maximum Gasteiger partial charge on any atom is 0.435 e. The highest BCUT2D eigenvalue weighted by Crippen LogP contribution is 2.34. The molecule has 0 aliphatic carbocycles. The molecule has 2 heterocycles. The highest BCUT2D eigenvalue weighted by atomic mass is 19.4. The minimum Gasteiger partial charge on any atom is -0.309 e. The first-order valence-corrected chi connectivity index (χ1v) is 10.0. The summed E-state index contributed by atoms with van der Waals surface area (Å²) in [5.41, 5.74) is 3.01. The molecule has 0 saturated heterocycles. The highest BCUT2D eigenvalue weighted by Gasteiger charge is 2.33. The Morgan fingerprint density at radius 2 is 1.59 bits per heavy atom. The second kappa shape index (κ2) is 7.84. The Morgan fingerprint density at radius 1 is 0.812 bits per heavy atom. The van der Waals surface area contributed by atoms with Crippen LogP contribution in [0.15, 0.2) is 72.8 Å². The molecule has 1 aromatic heterocycles. The topological polar surface area (TPSA) is 37.8 Å². The second-order valence-electron chi connectivity index (χ2n) is 7.60. The van der Waals surface area contributed by atoms with Crippen molar-refractivity contribution in [2.24, 2.45) is 0 Å². The highest BCUT2D eigenvalue weighted by molar-refractivity contribution is 5.91. The van der Waals surface area contributed by atoms with Crippen molar-refractivity contribution in [2.75, 3.05) is 6.54 Å². The fourth-order valence-electron chi connectivity index (χ4n) is 3.96. The molecule has 4 aromatic rings. The Kier molecular flexibility index (Phi) is 4.98. The van der Waals surface area contributed by atoms with E-state index in [-0.39, 0.29) is 5.82 Å². The van der Waals surface area contributed by atoms with Gasteiger partial charge in [0, 0.05) is 24.2 Å². The summed E-state index contributed by atoms with van der Waals surface area (Å²) in [7, 11) is 0. The summed E-state index contributed by atoms with van der Waals surface area (Å²) in [6, 6.07) is 18.7. The lowest BCUT2D eigenvalue weighted by molar-refractivity contribution is -0.141. The van der Waals surface area contributed by atoms with Crippen molar-refractivity contribution in [3.63, 3.8) is 0 Å². The lowest BCUT2D eigenvalue weighted by Gasteiger charge is -2.14. The first-order valence-electron chi connectivity index (χ1n) is 10.0. The van der Waals surface area contributed by atoms with Gasteiger partial charge < -0.3 is 5.32 Å². The van der Waals surface area contributed by atoms with E-state index in [1.807, 2.05) is 48.5 Å². The monoisotopic (exact) mass is 435 g/mol. The van der Waals surface area contributed by atoms with E-state index in [9.17, 15) is 13.2 Å². The predicted molar refractivity (Wildman–Crippen MR) is 115 cm³/mol. The first-order chi connectivity index (χ1) is 15.4. The van der Waals surface area contributed by atoms with Gasteiger partial charge in [0.05, 0.1) is 5.69 Å². The van der Waals surface area contributed by atoms with Crippen molar-refractivity contribution in [1.29, 1.82) is 0 Å². The maximum absolute atomic E-state index is 15.0. The summed E-state index contributed by atoms with van der Waals surface area (Å²) >= 11 is 0. The zero-order valence-electron chi connectivity index (χ0n) is 16.7. The molecule has 0 atom stereocenters. The average Bonchev–Trinajstić information content (AvgIpc) is 3.00. The largest absolute Gasteiger partial charge is 0.435 e. The normalized spacial score (nSPS) is 14.1. The number of hydrogen-bond donors (Lipinski definition) is 1. The minimum atomic E-state index is -4.53. The van der Waals surface area contributed by atoms with Crippen LogP contribution in [-0.2, 0) is 12.7 Å². The number of aromatic nitrogens is 2. The van der Waals surface area contributed by atoms with E-state index in [1.165, 1.54) is 12.1 Å². The van der Waals surface area contributed by atoms with Crippen LogP contribution in [0.25, 0.3) is 27.6 Å². The van der Waals surface area contributed by atoms with Crippen LogP contribution in [0.3, 0.4) is 0 Å². The molecule has 0 saturated carbocycles. The summed E-state index contributed by atoms with van der Waals surface area (Å²) < 4.78 is 53.4. The third kappa shape index (κ3) is 3.76. The van der Waals surface area contributed by atoms with Crippen LogP contribution >= 0.6 is 0 Å². The van der Waals surface area contributed by atoms with Gasteiger partial charge in [0.15, 0.2) is 5.69 Å². The van der Waals surface area contributed by atoms with Gasteiger partial charge in [0.2, 0.25) is 0 Å². The van der Waals surface area contributed by atoms with E-state index < -0.39 is 11.9 Å². The lowest BCUT2D eigenvalue weighted by atomic mass is 9.91. The smallest absolute Gasteiger partial charge is 0.309 e. The van der Waals surface area contributed by atoms with Crippen LogP contribution in [0.1, 0.15) is 22.4 Å². The molecule has 0 amide bonds. The molecular formula is C25H17F4N3. The van der Waals surface area contributed by atoms with Gasteiger partial charge in [-0.15, -0.1) is 10.2 Å². The fraction of sp³-hybridized carbons (Fsp3) is 0.120. The van der Waals surface area contributed by atoms with Crippen LogP contribution in [0.5, 0.6) is 0 Å². The van der Waals surface area contributed by atoms with Gasteiger partial charge in [-0.1, -0.05) is 42.5 Å². The van der Waals surface area contributed by atoms with Gasteiger partial charge in [-0.2, -0.15) is 13.2 Å². The third-order valence-electron chi connectivity index (χ3n) is 5.54. The van der Waals surface area contributed by atoms with Crippen LogP contribution in [0, 0.1) is 5.82 Å². The quantitative estimate of drug-likeness (QED) is 0.393. The molecule has 3 aromatic carbocycles. The van der Waals surface area contributed by atoms with E-state index in [4.69, 9.17) is 0 Å². The summed E-state index contributed by atoms with van der Waals surface area (Å²) in [5.74, 6) is -0.305. The van der Waals surface area contributed by atoms with Gasteiger partial charge in [-0.3, -0.25) is 0 Å². The average molecular weight is 435 g/mol. The molecule has 0 bridgehead atoms. The molecule has 32 heavy (non-hydrogen) atoms. The molecule has 1 aliphatic rings. The Morgan fingerprint density at radius 3 is 2.31 bits per heavy atom. The van der Waals surface area contributed by atoms with Crippen molar-refractivity contribution in [3.05, 3.63) is 101 Å². The molecule has 1 N–H and O–H groups in total. The summed E-state index contributed by atoms with van der Waals surface area (Å²) in [5, 5.41) is 12.1. The predicted octanol–water partition coefficient (Wildman–Crippen LogP) is 5.99. The summed E-state index contributed by atoms with van der Waals surface area (Å²) in [4.78, 5) is 0. The van der Waals surface area contributed by atoms with Crippen molar-refractivity contribution in [2.45, 2.75) is 12.7 Å². The minimum absolute atomic E-state index is 0.305. The number of halogens is 4. The van der Waals surface area contributed by atoms with Gasteiger partial charge in [-0.25, -0.2) is 4.39 Å². The summed E-state index contributed by atoms with van der Waals surface area (Å²) in [6.07, 6.45) is -2.58. The zero-order chi connectivity index (χ0) is 22.3. The molecule has 0 spiro atoms. The molecule has 0 radical (unpaired) electrons. The van der Waals surface area contributed by atoms with E-state index in [0.717, 1.165) is 33.5 Å². The molecule has 1 aliphatic heterocycles. The van der Waals surface area contributed by atoms with E-state index in [2.05, 4.69) is 15.5 Å². The number of nitrogens with one attached hydrogen (secondary N) is 1. The van der Waals surface area contributed by atoms with E-state index in [0.29, 0.717) is 29.9 Å². The molecular weight excluding hydrogens is 418 g/mol. The van der Waals surface area contributed by atoms with Crippen molar-refractivity contribution >= 4 is 16.3 Å². The number of benzene rings is 3. The Bertz CT molecular complexity index is 1340. The number of fused-ring (bicyclic) bond motifs is 2. The molecule has 5 rings (SSSR count). The molecule has 7 heteroatoms. The van der Waals surface area contributed by atoms with Crippen LogP contribution in [-0.4, -0.2) is 16.7 Å². The Labute approximate surface area is 181 Å². The molecule has 0 fully saturated rings. The SMILES string of the molecule is Fc1cc2ccccc2cc1C1=CCNCc2cc(-c3ccc(C(F)(F)F)nn3)ccc21. The van der Waals surface area contributed by atoms with Crippen molar-refractivity contribution < 1.29 is 17.6 Å². The van der Waals surface area contributed by atoms with Crippen molar-refractivity contribution in [1.82, 2.24) is 15.5 Å². The standard InChI is InChI=1S/C25H17F4N3/c26-22-13-16-4-2-1-3-15(16)12-21(22)20-9-10-30-14-18-11-17(5-6-19(18)20)23-7-8-24(32-31-23)25(27,28)29/h1-9,11-13,30H,10,14H2. The number of rotatable bonds is 2. The van der Waals surface area contributed by atoms with Crippen LogP contribution < -0.4 is 5.32 Å². The van der Waals surface area contributed by atoms with Gasteiger partial charge in [0.1, 0.15) is 5.82 Å². The maximum atomic E-state index is 15.0. The van der Waals surface area contributed by atoms with Gasteiger partial charge in [-0.05, 0) is 57.8 Å². The molecule has 0 unspecified atom stereocenters. The Hall–Kier alpha value is -3.58. The lowest BCUT2D eigenvalue weighted by Crippen LogP contribution is -2.11. The van der Waals surface area contributed by atoms with E-state index >= 15 is 4.39 Å². The number of alkyl halides is 3.